The Morgan fingerprint density at radius 1 is 1.42 bits per heavy atom. The predicted molar refractivity (Wildman–Crippen MR) is 75.7 cm³/mol. The molecule has 1 amide bonds. The molecule has 19 heavy (non-hydrogen) atoms. The van der Waals surface area contributed by atoms with E-state index in [1.165, 1.54) is 6.07 Å². The van der Waals surface area contributed by atoms with Gasteiger partial charge >= 0.3 is 0 Å². The monoisotopic (exact) mass is 267 g/mol. The molecule has 0 heterocycles. The number of rotatable bonds is 7. The highest BCUT2D eigenvalue weighted by Crippen LogP contribution is 2.19. The lowest BCUT2D eigenvalue weighted by molar-refractivity contribution is -0.119. The summed E-state index contributed by atoms with van der Waals surface area (Å²) in [6.45, 7) is 3.42. The van der Waals surface area contributed by atoms with E-state index in [1.807, 2.05) is 20.0 Å². The maximum absolute atomic E-state index is 13.9. The zero-order chi connectivity index (χ0) is 14.3. The fourth-order valence-corrected chi connectivity index (χ4v) is 1.79. The van der Waals surface area contributed by atoms with Gasteiger partial charge in [0.1, 0.15) is 5.82 Å². The number of nitrogens with zero attached hydrogens (tertiary/aromatic N) is 1. The molecule has 0 aliphatic heterocycles. The van der Waals surface area contributed by atoms with Gasteiger partial charge in [0.25, 0.3) is 0 Å². The van der Waals surface area contributed by atoms with Gasteiger partial charge in [-0.1, -0.05) is 13.0 Å². The Morgan fingerprint density at radius 3 is 2.74 bits per heavy atom. The molecular weight excluding hydrogens is 245 g/mol. The molecule has 0 atom stereocenters. The molecule has 0 saturated heterocycles. The van der Waals surface area contributed by atoms with E-state index in [9.17, 15) is 9.18 Å². The van der Waals surface area contributed by atoms with Gasteiger partial charge in [-0.25, -0.2) is 4.39 Å². The molecule has 0 spiro atoms. The van der Waals surface area contributed by atoms with Gasteiger partial charge in [0.05, 0.1) is 12.2 Å². The number of amides is 1. The number of anilines is 1. The first kappa shape index (κ1) is 15.4. The number of nitrogens with one attached hydrogen (secondary N) is 2. The maximum Gasteiger partial charge on any atom is 0.239 e. The highest BCUT2D eigenvalue weighted by atomic mass is 19.1. The molecule has 0 aromatic heterocycles. The molecular formula is C14H22FN3O. The fourth-order valence-electron chi connectivity index (χ4n) is 1.79. The number of carbonyl (C=O) groups is 1. The highest BCUT2D eigenvalue weighted by molar-refractivity contribution is 5.81. The second-order valence-electron chi connectivity index (χ2n) is 4.52. The summed E-state index contributed by atoms with van der Waals surface area (Å²) in [6.07, 6.45) is 0.891. The molecule has 0 fully saturated rings. The molecule has 0 bridgehead atoms. The average molecular weight is 267 g/mol. The molecule has 4 nitrogen and oxygen atoms in total. The van der Waals surface area contributed by atoms with Crippen LogP contribution in [0.4, 0.5) is 10.1 Å². The van der Waals surface area contributed by atoms with E-state index < -0.39 is 0 Å². The topological polar surface area (TPSA) is 44.4 Å². The van der Waals surface area contributed by atoms with E-state index >= 15 is 0 Å². The maximum atomic E-state index is 13.9. The van der Waals surface area contributed by atoms with Crippen LogP contribution in [-0.2, 0) is 11.3 Å². The van der Waals surface area contributed by atoms with Crippen molar-refractivity contribution in [3.63, 3.8) is 0 Å². The first-order valence-corrected chi connectivity index (χ1v) is 6.49. The number of hydrogen-bond acceptors (Lipinski definition) is 3. The minimum atomic E-state index is -0.307. The van der Waals surface area contributed by atoms with Gasteiger partial charge < -0.3 is 15.5 Å². The summed E-state index contributed by atoms with van der Waals surface area (Å²) < 4.78 is 13.9. The van der Waals surface area contributed by atoms with Gasteiger partial charge in [-0.3, -0.25) is 4.79 Å². The number of benzene rings is 1. The molecule has 0 saturated carbocycles. The first-order valence-electron chi connectivity index (χ1n) is 6.49. The van der Waals surface area contributed by atoms with Crippen LogP contribution in [0, 0.1) is 5.82 Å². The van der Waals surface area contributed by atoms with Gasteiger partial charge in [0.15, 0.2) is 0 Å². The first-order chi connectivity index (χ1) is 9.08. The second kappa shape index (κ2) is 7.74. The second-order valence-corrected chi connectivity index (χ2v) is 4.52. The van der Waals surface area contributed by atoms with E-state index in [1.54, 1.807) is 18.0 Å². The number of hydrogen-bond donors (Lipinski definition) is 2. The Bertz CT molecular complexity index is 423. The van der Waals surface area contributed by atoms with E-state index in [0.717, 1.165) is 12.0 Å². The van der Waals surface area contributed by atoms with E-state index in [0.29, 0.717) is 18.8 Å². The van der Waals surface area contributed by atoms with Crippen molar-refractivity contribution >= 4 is 11.6 Å². The predicted octanol–water partition coefficient (Wildman–Crippen LogP) is 1.51. The zero-order valence-electron chi connectivity index (χ0n) is 11.8. The molecule has 2 N–H and O–H groups in total. The van der Waals surface area contributed by atoms with Gasteiger partial charge in [0, 0.05) is 20.1 Å². The van der Waals surface area contributed by atoms with Crippen molar-refractivity contribution in [3.05, 3.63) is 29.6 Å². The Labute approximate surface area is 114 Å². The minimum Gasteiger partial charge on any atom is -0.363 e. The summed E-state index contributed by atoms with van der Waals surface area (Å²) in [5.74, 6) is -0.401. The third-order valence-electron chi connectivity index (χ3n) is 2.76. The lowest BCUT2D eigenvalue weighted by atomic mass is 10.2. The lowest BCUT2D eigenvalue weighted by Crippen LogP contribution is -2.35. The molecule has 0 aliphatic carbocycles. The third-order valence-corrected chi connectivity index (χ3v) is 2.76. The van der Waals surface area contributed by atoms with Crippen LogP contribution in [-0.4, -0.2) is 33.1 Å². The van der Waals surface area contributed by atoms with Crippen molar-refractivity contribution in [3.8, 4) is 0 Å². The van der Waals surface area contributed by atoms with Crippen molar-refractivity contribution in [2.24, 2.45) is 0 Å². The normalized spacial score (nSPS) is 10.3. The summed E-state index contributed by atoms with van der Waals surface area (Å²) >= 11 is 0. The van der Waals surface area contributed by atoms with Gasteiger partial charge in [-0.2, -0.15) is 0 Å². The van der Waals surface area contributed by atoms with Crippen LogP contribution < -0.4 is 15.5 Å². The molecule has 0 radical (unpaired) electrons. The lowest BCUT2D eigenvalue weighted by Gasteiger charge is -2.19. The van der Waals surface area contributed by atoms with E-state index in [-0.39, 0.29) is 18.3 Å². The van der Waals surface area contributed by atoms with Crippen LogP contribution in [0.2, 0.25) is 0 Å². The summed E-state index contributed by atoms with van der Waals surface area (Å²) in [6, 6.07) is 5.05. The van der Waals surface area contributed by atoms with Gasteiger partial charge in [-0.15, -0.1) is 0 Å². The average Bonchev–Trinajstić information content (AvgIpc) is 2.36. The molecule has 106 valence electrons. The molecule has 0 aliphatic rings. The SMILES string of the molecule is CCCNC(=O)CN(C)c1ccc(CNC)cc1F. The Morgan fingerprint density at radius 2 is 2.16 bits per heavy atom. The van der Waals surface area contributed by atoms with Crippen molar-refractivity contribution in [2.75, 3.05) is 32.1 Å². The van der Waals surface area contributed by atoms with Crippen molar-refractivity contribution in [1.29, 1.82) is 0 Å². The van der Waals surface area contributed by atoms with Crippen molar-refractivity contribution in [2.45, 2.75) is 19.9 Å². The van der Waals surface area contributed by atoms with Crippen molar-refractivity contribution < 1.29 is 9.18 Å². The smallest absolute Gasteiger partial charge is 0.239 e. The summed E-state index contributed by atoms with van der Waals surface area (Å²) in [4.78, 5) is 13.2. The van der Waals surface area contributed by atoms with Crippen LogP contribution in [0.1, 0.15) is 18.9 Å². The van der Waals surface area contributed by atoms with Crippen LogP contribution in [0.15, 0.2) is 18.2 Å². The summed E-state index contributed by atoms with van der Waals surface area (Å²) in [5.41, 5.74) is 1.32. The highest BCUT2D eigenvalue weighted by Gasteiger charge is 2.11. The van der Waals surface area contributed by atoms with E-state index in [4.69, 9.17) is 0 Å². The molecule has 5 heteroatoms. The molecule has 1 aromatic rings. The van der Waals surface area contributed by atoms with Gasteiger partial charge in [0.2, 0.25) is 5.91 Å². The van der Waals surface area contributed by atoms with E-state index in [2.05, 4.69) is 10.6 Å². The quantitative estimate of drug-likeness (QED) is 0.787. The minimum absolute atomic E-state index is 0.0944. The molecule has 1 aromatic carbocycles. The number of carbonyl (C=O) groups excluding carboxylic acids is 1. The third kappa shape index (κ3) is 4.87. The summed E-state index contributed by atoms with van der Waals surface area (Å²) in [5, 5.41) is 5.74. The Balaban J connectivity index is 2.66. The zero-order valence-corrected chi connectivity index (χ0v) is 11.8. The van der Waals surface area contributed by atoms with Crippen LogP contribution >= 0.6 is 0 Å². The van der Waals surface area contributed by atoms with Crippen LogP contribution in [0.5, 0.6) is 0 Å². The number of halogens is 1. The standard InChI is InChI=1S/C14H22FN3O/c1-4-7-17-14(19)10-18(3)13-6-5-11(9-16-2)8-12(13)15/h5-6,8,16H,4,7,9-10H2,1-3H3,(H,17,19). The van der Waals surface area contributed by atoms with Crippen LogP contribution in [0.3, 0.4) is 0 Å². The Hall–Kier alpha value is -1.62. The Kier molecular flexibility index (Phi) is 6.29. The van der Waals surface area contributed by atoms with Crippen LogP contribution in [0.25, 0.3) is 0 Å². The largest absolute Gasteiger partial charge is 0.363 e. The van der Waals surface area contributed by atoms with Gasteiger partial charge in [-0.05, 0) is 31.2 Å². The number of likely N-dealkylation sites (N-methyl/N-ethyl adjacent to an activating group) is 1. The molecule has 1 rings (SSSR count). The summed E-state index contributed by atoms with van der Waals surface area (Å²) in [7, 11) is 3.53. The molecule has 0 unspecified atom stereocenters. The van der Waals surface area contributed by atoms with Crippen molar-refractivity contribution in [1.82, 2.24) is 10.6 Å². The fraction of sp³-hybridized carbons (Fsp3) is 0.500.